The summed E-state index contributed by atoms with van der Waals surface area (Å²) in [7, 11) is 1.67. The van der Waals surface area contributed by atoms with Gasteiger partial charge in [0, 0.05) is 13.1 Å². The number of allylic oxidation sites excluding steroid dienone is 1. The molecule has 0 amide bonds. The Hall–Kier alpha value is -4.06. The van der Waals surface area contributed by atoms with Gasteiger partial charge < -0.3 is 10.2 Å². The second-order valence-electron chi connectivity index (χ2n) is 10.3. The standard InChI is InChI=1S/C33H36FN3O2/c1-22-18-26(16-17-28(22)30-13-6-5-12-29(30)25-10-9-11-25)24(3)36-27(21-38)19-35-33(37(4)20-23(2)39)31-14-7-8-15-32(31)34/h5-8,12-19,21,24-25,36H,9-11,20H2,1-4H3/b27-19+,35-33?. The summed E-state index contributed by atoms with van der Waals surface area (Å²) in [5.41, 5.74) is 6.67. The molecule has 0 heterocycles. The molecule has 0 saturated heterocycles. The van der Waals surface area contributed by atoms with Gasteiger partial charge in [-0.25, -0.2) is 9.38 Å². The van der Waals surface area contributed by atoms with Gasteiger partial charge in [0.15, 0.2) is 6.29 Å². The van der Waals surface area contributed by atoms with Crippen LogP contribution in [0.15, 0.2) is 83.6 Å². The number of aryl methyl sites for hydroxylation is 1. The van der Waals surface area contributed by atoms with Crippen LogP contribution in [0.2, 0.25) is 0 Å². The van der Waals surface area contributed by atoms with Crippen LogP contribution < -0.4 is 5.32 Å². The zero-order chi connectivity index (χ0) is 27.9. The molecular formula is C33H36FN3O2. The molecule has 5 nitrogen and oxygen atoms in total. The van der Waals surface area contributed by atoms with Crippen molar-refractivity contribution in [3.05, 3.63) is 107 Å². The van der Waals surface area contributed by atoms with Gasteiger partial charge in [-0.2, -0.15) is 0 Å². The summed E-state index contributed by atoms with van der Waals surface area (Å²) in [6.07, 6.45) is 5.88. The summed E-state index contributed by atoms with van der Waals surface area (Å²) in [6, 6.07) is 21.2. The molecule has 1 unspecified atom stereocenters. The molecule has 1 fully saturated rings. The summed E-state index contributed by atoms with van der Waals surface area (Å²) in [4.78, 5) is 29.7. The number of aldehydes is 1. The number of hydrogen-bond donors (Lipinski definition) is 1. The fourth-order valence-corrected chi connectivity index (χ4v) is 5.07. The Bertz CT molecular complexity index is 1410. The van der Waals surface area contributed by atoms with Crippen LogP contribution in [0.1, 0.15) is 67.3 Å². The predicted molar refractivity (Wildman–Crippen MR) is 155 cm³/mol. The zero-order valence-corrected chi connectivity index (χ0v) is 23.1. The molecule has 0 spiro atoms. The summed E-state index contributed by atoms with van der Waals surface area (Å²) < 4.78 is 14.6. The molecule has 3 aromatic carbocycles. The SMILES string of the molecule is CC(=O)CN(C)C(=N/C=C(\C=O)NC(C)c1ccc(-c2ccccc2C2CCC2)c(C)c1)c1ccccc1F. The lowest BCUT2D eigenvalue weighted by atomic mass is 9.77. The summed E-state index contributed by atoms with van der Waals surface area (Å²) in [5, 5.41) is 3.23. The van der Waals surface area contributed by atoms with Crippen LogP contribution in [-0.2, 0) is 9.59 Å². The van der Waals surface area contributed by atoms with E-state index in [1.165, 1.54) is 60.7 Å². The van der Waals surface area contributed by atoms with Crippen LogP contribution in [0, 0.1) is 12.7 Å². The minimum Gasteiger partial charge on any atom is -0.375 e. The molecule has 202 valence electrons. The number of likely N-dealkylation sites (N-methyl/N-ethyl adjacent to an activating group) is 1. The van der Waals surface area contributed by atoms with E-state index >= 15 is 0 Å². The first-order valence-corrected chi connectivity index (χ1v) is 13.4. The van der Waals surface area contributed by atoms with Gasteiger partial charge >= 0.3 is 0 Å². The first-order chi connectivity index (χ1) is 18.8. The molecule has 0 aromatic heterocycles. The lowest BCUT2D eigenvalue weighted by molar-refractivity contribution is -0.117. The van der Waals surface area contributed by atoms with Crippen molar-refractivity contribution in [1.82, 2.24) is 10.2 Å². The van der Waals surface area contributed by atoms with E-state index in [9.17, 15) is 14.0 Å². The van der Waals surface area contributed by atoms with E-state index < -0.39 is 5.82 Å². The fraction of sp³-hybridized carbons (Fsp3) is 0.303. The van der Waals surface area contributed by atoms with E-state index in [1.807, 2.05) is 6.92 Å². The molecule has 1 saturated carbocycles. The summed E-state index contributed by atoms with van der Waals surface area (Å²) in [5.74, 6) is 0.373. The van der Waals surface area contributed by atoms with E-state index in [0.717, 1.165) is 5.56 Å². The van der Waals surface area contributed by atoms with Crippen LogP contribution in [0.25, 0.3) is 11.1 Å². The maximum absolute atomic E-state index is 14.6. The molecule has 1 aliphatic carbocycles. The van der Waals surface area contributed by atoms with Gasteiger partial charge in [-0.1, -0.05) is 61.0 Å². The summed E-state index contributed by atoms with van der Waals surface area (Å²) in [6.45, 7) is 5.63. The van der Waals surface area contributed by atoms with Crippen molar-refractivity contribution >= 4 is 17.9 Å². The number of halogens is 1. The highest BCUT2D eigenvalue weighted by molar-refractivity contribution is 6.01. The topological polar surface area (TPSA) is 61.8 Å². The van der Waals surface area contributed by atoms with E-state index in [2.05, 4.69) is 59.7 Å². The Morgan fingerprint density at radius 2 is 1.82 bits per heavy atom. The maximum atomic E-state index is 14.6. The first kappa shape index (κ1) is 28.0. The third-order valence-electron chi connectivity index (χ3n) is 7.32. The average Bonchev–Trinajstić information content (AvgIpc) is 2.88. The fourth-order valence-electron chi connectivity index (χ4n) is 5.07. The van der Waals surface area contributed by atoms with E-state index in [-0.39, 0.29) is 35.5 Å². The molecule has 1 atom stereocenters. The summed E-state index contributed by atoms with van der Waals surface area (Å²) >= 11 is 0. The van der Waals surface area contributed by atoms with Crippen LogP contribution in [0.3, 0.4) is 0 Å². The van der Waals surface area contributed by atoms with Crippen molar-refractivity contribution in [2.45, 2.75) is 52.0 Å². The third-order valence-corrected chi connectivity index (χ3v) is 7.32. The zero-order valence-electron chi connectivity index (χ0n) is 23.1. The number of nitrogens with zero attached hydrogens (tertiary/aromatic N) is 2. The lowest BCUT2D eigenvalue weighted by Gasteiger charge is -2.28. The molecule has 6 heteroatoms. The Kier molecular flexibility index (Phi) is 9.07. The quantitative estimate of drug-likeness (QED) is 0.138. The van der Waals surface area contributed by atoms with E-state index in [1.54, 1.807) is 30.1 Å². The molecule has 3 aromatic rings. The largest absolute Gasteiger partial charge is 0.375 e. The van der Waals surface area contributed by atoms with Gasteiger partial charge in [0.05, 0.1) is 24.0 Å². The number of nitrogens with one attached hydrogen (secondary N) is 1. The normalized spacial score (nSPS) is 14.9. The van der Waals surface area contributed by atoms with E-state index in [4.69, 9.17) is 0 Å². The van der Waals surface area contributed by atoms with Gasteiger partial charge in [0.1, 0.15) is 17.4 Å². The van der Waals surface area contributed by atoms with Crippen LogP contribution in [-0.4, -0.2) is 36.4 Å². The van der Waals surface area contributed by atoms with Crippen LogP contribution in [0.5, 0.6) is 0 Å². The molecule has 0 bridgehead atoms. The van der Waals surface area contributed by atoms with Crippen LogP contribution in [0.4, 0.5) is 4.39 Å². The Morgan fingerprint density at radius 1 is 1.10 bits per heavy atom. The number of rotatable bonds is 10. The van der Waals surface area contributed by atoms with Gasteiger partial charge in [-0.05, 0) is 79.5 Å². The maximum Gasteiger partial charge on any atom is 0.167 e. The number of hydrogen-bond acceptors (Lipinski definition) is 4. The number of benzene rings is 3. The smallest absolute Gasteiger partial charge is 0.167 e. The third kappa shape index (κ3) is 6.69. The van der Waals surface area contributed by atoms with Gasteiger partial charge in [-0.3, -0.25) is 9.59 Å². The number of aliphatic imine (C=N–C) groups is 1. The second-order valence-corrected chi connectivity index (χ2v) is 10.3. The number of ketones is 1. The minimum absolute atomic E-state index is 0.0662. The van der Waals surface area contributed by atoms with E-state index in [0.29, 0.717) is 12.2 Å². The van der Waals surface area contributed by atoms with Crippen LogP contribution >= 0.6 is 0 Å². The predicted octanol–water partition coefficient (Wildman–Crippen LogP) is 6.73. The monoisotopic (exact) mass is 525 g/mol. The van der Waals surface area contributed by atoms with Crippen molar-refractivity contribution in [2.24, 2.45) is 4.99 Å². The Balaban J connectivity index is 1.57. The molecule has 4 rings (SSSR count). The molecule has 1 aliphatic rings. The minimum atomic E-state index is -0.455. The molecule has 0 radical (unpaired) electrons. The Morgan fingerprint density at radius 3 is 2.46 bits per heavy atom. The number of amidine groups is 1. The molecule has 39 heavy (non-hydrogen) atoms. The van der Waals surface area contributed by atoms with Crippen molar-refractivity contribution < 1.29 is 14.0 Å². The van der Waals surface area contributed by atoms with Crippen molar-refractivity contribution in [2.75, 3.05) is 13.6 Å². The van der Waals surface area contributed by atoms with Gasteiger partial charge in [-0.15, -0.1) is 0 Å². The second kappa shape index (κ2) is 12.7. The Labute approximate surface area is 230 Å². The number of carbonyl (C=O) groups excluding carboxylic acids is 2. The van der Waals surface area contributed by atoms with Crippen molar-refractivity contribution in [1.29, 1.82) is 0 Å². The molecule has 1 N–H and O–H groups in total. The highest BCUT2D eigenvalue weighted by Crippen LogP contribution is 2.41. The molecule has 0 aliphatic heterocycles. The number of carbonyl (C=O) groups is 2. The van der Waals surface area contributed by atoms with Gasteiger partial charge in [0.25, 0.3) is 0 Å². The number of Topliss-reactive ketones (excluding diaryl/α,β-unsaturated/α-hetero) is 1. The highest BCUT2D eigenvalue weighted by Gasteiger charge is 2.23. The van der Waals surface area contributed by atoms with Crippen molar-refractivity contribution in [3.63, 3.8) is 0 Å². The first-order valence-electron chi connectivity index (χ1n) is 13.4. The van der Waals surface area contributed by atoms with Crippen molar-refractivity contribution in [3.8, 4) is 11.1 Å². The average molecular weight is 526 g/mol. The highest BCUT2D eigenvalue weighted by atomic mass is 19.1. The molecular weight excluding hydrogens is 489 g/mol. The van der Waals surface area contributed by atoms with Gasteiger partial charge in [0.2, 0.25) is 0 Å². The lowest BCUT2D eigenvalue weighted by Crippen LogP contribution is -2.32.